The number of rotatable bonds is 3. The van der Waals surface area contributed by atoms with E-state index in [1.807, 2.05) is 31.2 Å². The number of hydrogen-bond donors (Lipinski definition) is 2. The van der Waals surface area contributed by atoms with Gasteiger partial charge in [-0.25, -0.2) is 0 Å². The van der Waals surface area contributed by atoms with Gasteiger partial charge in [0, 0.05) is 24.8 Å². The molecule has 6 nitrogen and oxygen atoms in total. The van der Waals surface area contributed by atoms with Crippen LogP contribution in [0.3, 0.4) is 0 Å². The fraction of sp³-hybridized carbons (Fsp3) is 0.333. The van der Waals surface area contributed by atoms with E-state index in [9.17, 15) is 4.79 Å². The Morgan fingerprint density at radius 2 is 2.36 bits per heavy atom. The third-order valence-corrected chi connectivity index (χ3v) is 3.76. The van der Waals surface area contributed by atoms with Crippen LogP contribution in [0.4, 0.5) is 5.82 Å². The molecule has 0 bridgehead atoms. The zero-order chi connectivity index (χ0) is 15.5. The fourth-order valence-corrected chi connectivity index (χ4v) is 2.59. The van der Waals surface area contributed by atoms with Crippen LogP contribution in [-0.4, -0.2) is 28.8 Å². The summed E-state index contributed by atoms with van der Waals surface area (Å²) in [6.45, 7) is 3.75. The van der Waals surface area contributed by atoms with Gasteiger partial charge < -0.3 is 10.1 Å². The van der Waals surface area contributed by atoms with E-state index < -0.39 is 6.04 Å². The summed E-state index contributed by atoms with van der Waals surface area (Å²) < 4.78 is 7.31. The van der Waals surface area contributed by atoms with Gasteiger partial charge in [-0.05, 0) is 13.0 Å². The van der Waals surface area contributed by atoms with Crippen LogP contribution in [0.15, 0.2) is 30.5 Å². The van der Waals surface area contributed by atoms with Crippen LogP contribution in [0.2, 0.25) is 5.02 Å². The molecular formula is C15H17ClN4O2. The molecule has 1 aliphatic rings. The molecule has 1 amide bonds. The van der Waals surface area contributed by atoms with Crippen molar-refractivity contribution >= 4 is 23.3 Å². The second-order valence-corrected chi connectivity index (χ2v) is 5.35. The molecule has 7 heteroatoms. The second-order valence-electron chi connectivity index (χ2n) is 4.94. The number of amides is 1. The van der Waals surface area contributed by atoms with E-state index in [2.05, 4.69) is 15.7 Å². The highest BCUT2D eigenvalue weighted by Gasteiger charge is 2.26. The summed E-state index contributed by atoms with van der Waals surface area (Å²) in [6, 6.07) is 7.01. The van der Waals surface area contributed by atoms with Crippen molar-refractivity contribution in [2.45, 2.75) is 19.5 Å². The van der Waals surface area contributed by atoms with E-state index >= 15 is 0 Å². The van der Waals surface area contributed by atoms with Crippen molar-refractivity contribution in [2.75, 3.05) is 18.5 Å². The molecule has 0 saturated heterocycles. The molecule has 2 N–H and O–H groups in total. The minimum atomic E-state index is -0.499. The van der Waals surface area contributed by atoms with Crippen molar-refractivity contribution < 1.29 is 9.53 Å². The Bertz CT molecular complexity index is 686. The summed E-state index contributed by atoms with van der Waals surface area (Å²) in [5.74, 6) is 0.886. The molecule has 0 radical (unpaired) electrons. The van der Waals surface area contributed by atoms with Crippen LogP contribution >= 0.6 is 11.6 Å². The molecular weight excluding hydrogens is 304 g/mol. The third-order valence-electron chi connectivity index (χ3n) is 3.48. The van der Waals surface area contributed by atoms with Crippen LogP contribution in [0.5, 0.6) is 5.75 Å². The molecule has 1 unspecified atom stereocenters. The van der Waals surface area contributed by atoms with Gasteiger partial charge in [0.1, 0.15) is 23.4 Å². The van der Waals surface area contributed by atoms with Gasteiger partial charge in [-0.3, -0.25) is 14.8 Å². The van der Waals surface area contributed by atoms with Crippen LogP contribution in [0.25, 0.3) is 0 Å². The first-order valence-corrected chi connectivity index (χ1v) is 7.55. The number of nitrogens with one attached hydrogen (secondary N) is 2. The number of aryl methyl sites for hydroxylation is 1. The predicted octanol–water partition coefficient (Wildman–Crippen LogP) is 2.22. The number of anilines is 1. The largest absolute Gasteiger partial charge is 0.492 e. The number of carbonyl (C=O) groups is 1. The number of benzene rings is 1. The molecule has 0 aliphatic carbocycles. The fourth-order valence-electron chi connectivity index (χ4n) is 2.39. The van der Waals surface area contributed by atoms with Gasteiger partial charge in [-0.15, -0.1) is 0 Å². The number of halogens is 1. The lowest BCUT2D eigenvalue weighted by Crippen LogP contribution is -2.33. The Hall–Kier alpha value is -2.05. The van der Waals surface area contributed by atoms with Crippen molar-refractivity contribution in [2.24, 2.45) is 0 Å². The summed E-state index contributed by atoms with van der Waals surface area (Å²) in [6.07, 6.45) is 1.69. The van der Waals surface area contributed by atoms with Crippen LogP contribution < -0.4 is 15.4 Å². The number of fused-ring (bicyclic) bond motifs is 1. The predicted molar refractivity (Wildman–Crippen MR) is 84.2 cm³/mol. The lowest BCUT2D eigenvalue weighted by molar-refractivity contribution is -0.118. The van der Waals surface area contributed by atoms with Crippen LogP contribution in [0.1, 0.15) is 18.5 Å². The van der Waals surface area contributed by atoms with Crippen molar-refractivity contribution in [3.05, 3.63) is 41.0 Å². The van der Waals surface area contributed by atoms with Gasteiger partial charge in [-0.2, -0.15) is 5.10 Å². The number of ether oxygens (including phenoxy) is 1. The molecule has 116 valence electrons. The Kier molecular flexibility index (Phi) is 4.31. The Morgan fingerprint density at radius 3 is 3.14 bits per heavy atom. The molecule has 2 heterocycles. The number of carbonyl (C=O) groups excluding carboxylic acids is 1. The Morgan fingerprint density at radius 1 is 1.55 bits per heavy atom. The Labute approximate surface area is 133 Å². The smallest absolute Gasteiger partial charge is 0.247 e. The summed E-state index contributed by atoms with van der Waals surface area (Å²) >= 11 is 6.10. The standard InChI is InChI=1S/C15H17ClN4O2/c1-2-20-9-11(16)14(19-20)18-15(21)13-10-5-3-4-6-12(10)22-8-7-17-13/h3-6,9,13,17H,2,7-8H2,1H3,(H,18,19,21). The van der Waals surface area contributed by atoms with Gasteiger partial charge in [0.15, 0.2) is 5.82 Å². The lowest BCUT2D eigenvalue weighted by atomic mass is 10.1. The Balaban J connectivity index is 1.84. The minimum Gasteiger partial charge on any atom is -0.492 e. The normalized spacial score (nSPS) is 17.3. The summed E-state index contributed by atoms with van der Waals surface area (Å²) in [5.41, 5.74) is 0.809. The maximum Gasteiger partial charge on any atom is 0.247 e. The summed E-state index contributed by atoms with van der Waals surface area (Å²) in [4.78, 5) is 12.6. The topological polar surface area (TPSA) is 68.2 Å². The van der Waals surface area contributed by atoms with Gasteiger partial charge in [-0.1, -0.05) is 29.8 Å². The summed E-state index contributed by atoms with van der Waals surface area (Å²) in [7, 11) is 0. The maximum absolute atomic E-state index is 12.6. The second kappa shape index (κ2) is 6.37. The molecule has 0 saturated carbocycles. The van der Waals surface area contributed by atoms with E-state index in [1.165, 1.54) is 0 Å². The first-order chi connectivity index (χ1) is 10.7. The van der Waals surface area contributed by atoms with Crippen LogP contribution in [-0.2, 0) is 11.3 Å². The highest BCUT2D eigenvalue weighted by Crippen LogP contribution is 2.28. The molecule has 0 spiro atoms. The average Bonchev–Trinajstić information content (AvgIpc) is 2.75. The zero-order valence-corrected chi connectivity index (χ0v) is 12.9. The van der Waals surface area contributed by atoms with E-state index in [-0.39, 0.29) is 5.91 Å². The van der Waals surface area contributed by atoms with E-state index in [0.717, 1.165) is 11.3 Å². The van der Waals surface area contributed by atoms with Crippen LogP contribution in [0, 0.1) is 0 Å². The first-order valence-electron chi connectivity index (χ1n) is 7.18. The van der Waals surface area contributed by atoms with E-state index in [0.29, 0.717) is 30.5 Å². The zero-order valence-electron chi connectivity index (χ0n) is 12.2. The number of aromatic nitrogens is 2. The molecule has 1 aromatic carbocycles. The van der Waals surface area contributed by atoms with Crippen molar-refractivity contribution in [3.63, 3.8) is 0 Å². The molecule has 1 aromatic heterocycles. The SMILES string of the molecule is CCn1cc(Cl)c(NC(=O)C2NCCOc3ccccc32)n1. The van der Waals surface area contributed by atoms with E-state index in [4.69, 9.17) is 16.3 Å². The molecule has 2 aromatic rings. The van der Waals surface area contributed by atoms with Gasteiger partial charge in [0.2, 0.25) is 5.91 Å². The van der Waals surface area contributed by atoms with Crippen molar-refractivity contribution in [3.8, 4) is 5.75 Å². The minimum absolute atomic E-state index is 0.207. The third kappa shape index (κ3) is 2.93. The summed E-state index contributed by atoms with van der Waals surface area (Å²) in [5, 5.41) is 10.6. The average molecular weight is 321 g/mol. The molecule has 3 rings (SSSR count). The highest BCUT2D eigenvalue weighted by atomic mass is 35.5. The number of nitrogens with zero attached hydrogens (tertiary/aromatic N) is 2. The van der Waals surface area contributed by atoms with Crippen molar-refractivity contribution in [1.29, 1.82) is 0 Å². The van der Waals surface area contributed by atoms with Gasteiger partial charge >= 0.3 is 0 Å². The van der Waals surface area contributed by atoms with Gasteiger partial charge in [0.25, 0.3) is 0 Å². The number of hydrogen-bond acceptors (Lipinski definition) is 4. The van der Waals surface area contributed by atoms with E-state index in [1.54, 1.807) is 10.9 Å². The lowest BCUT2D eigenvalue weighted by Gasteiger charge is -2.16. The first kappa shape index (κ1) is 14.9. The maximum atomic E-state index is 12.6. The molecule has 1 atom stereocenters. The molecule has 22 heavy (non-hydrogen) atoms. The molecule has 0 fully saturated rings. The highest BCUT2D eigenvalue weighted by molar-refractivity contribution is 6.33. The quantitative estimate of drug-likeness (QED) is 0.910. The number of para-hydroxylation sites is 1. The molecule has 1 aliphatic heterocycles. The monoisotopic (exact) mass is 320 g/mol. The van der Waals surface area contributed by atoms with Crippen molar-refractivity contribution in [1.82, 2.24) is 15.1 Å². The van der Waals surface area contributed by atoms with Gasteiger partial charge in [0.05, 0.1) is 0 Å².